The van der Waals surface area contributed by atoms with Gasteiger partial charge in [-0.25, -0.2) is 0 Å². The molecule has 2 rings (SSSR count). The van der Waals surface area contributed by atoms with Crippen LogP contribution in [0.15, 0.2) is 18.2 Å². The fourth-order valence-corrected chi connectivity index (χ4v) is 2.47. The number of halogens is 2. The lowest BCUT2D eigenvalue weighted by Gasteiger charge is -2.32. The minimum atomic E-state index is -0.293. The van der Waals surface area contributed by atoms with Crippen molar-refractivity contribution in [3.05, 3.63) is 33.8 Å². The van der Waals surface area contributed by atoms with Gasteiger partial charge in [-0.15, -0.1) is 0 Å². The zero-order valence-corrected chi connectivity index (χ0v) is 11.8. The highest BCUT2D eigenvalue weighted by atomic mass is 35.5. The third-order valence-electron chi connectivity index (χ3n) is 3.05. The molecule has 1 aromatic carbocycles. The number of aliphatic hydroxyl groups excluding tert-OH is 1. The maximum Gasteiger partial charge on any atom is 0.227 e. The van der Waals surface area contributed by atoms with Crippen LogP contribution in [-0.2, 0) is 16.0 Å². The molecule has 0 spiro atoms. The first-order valence-electron chi connectivity index (χ1n) is 6.04. The van der Waals surface area contributed by atoms with Crippen molar-refractivity contribution in [1.29, 1.82) is 0 Å². The summed E-state index contributed by atoms with van der Waals surface area (Å²) < 4.78 is 5.31. The van der Waals surface area contributed by atoms with Crippen LogP contribution in [0.5, 0.6) is 0 Å². The van der Waals surface area contributed by atoms with Crippen molar-refractivity contribution in [2.45, 2.75) is 12.5 Å². The molecule has 19 heavy (non-hydrogen) atoms. The summed E-state index contributed by atoms with van der Waals surface area (Å²) >= 11 is 11.9. The molecule has 1 fully saturated rings. The van der Waals surface area contributed by atoms with Crippen LogP contribution in [0.2, 0.25) is 10.0 Å². The molecule has 104 valence electrons. The number of aliphatic hydroxyl groups is 1. The van der Waals surface area contributed by atoms with E-state index in [-0.39, 0.29) is 25.0 Å². The van der Waals surface area contributed by atoms with Gasteiger partial charge < -0.3 is 14.7 Å². The topological polar surface area (TPSA) is 49.8 Å². The van der Waals surface area contributed by atoms with E-state index in [0.717, 1.165) is 5.56 Å². The van der Waals surface area contributed by atoms with Crippen molar-refractivity contribution in [2.24, 2.45) is 0 Å². The van der Waals surface area contributed by atoms with Crippen molar-refractivity contribution in [2.75, 3.05) is 26.3 Å². The Balaban J connectivity index is 2.00. The molecule has 6 heteroatoms. The number of nitrogens with zero attached hydrogens (tertiary/aromatic N) is 1. The second-order valence-corrected chi connectivity index (χ2v) is 5.27. The predicted octanol–water partition coefficient (Wildman–Crippen LogP) is 1.76. The predicted molar refractivity (Wildman–Crippen MR) is 73.6 cm³/mol. The van der Waals surface area contributed by atoms with Crippen molar-refractivity contribution in [3.8, 4) is 0 Å². The third kappa shape index (κ3) is 3.83. The second-order valence-electron chi connectivity index (χ2n) is 4.43. The van der Waals surface area contributed by atoms with Gasteiger partial charge in [-0.1, -0.05) is 29.3 Å². The Bertz CT molecular complexity index is 467. The first kappa shape index (κ1) is 14.6. The highest BCUT2D eigenvalue weighted by Crippen LogP contribution is 2.22. The first-order chi connectivity index (χ1) is 9.10. The Morgan fingerprint density at radius 2 is 2.26 bits per heavy atom. The summed E-state index contributed by atoms with van der Waals surface area (Å²) in [7, 11) is 0. The average molecular weight is 304 g/mol. The molecule has 0 bridgehead atoms. The number of morpholine rings is 1. The molecule has 0 saturated carbocycles. The lowest BCUT2D eigenvalue weighted by molar-refractivity contribution is -0.139. The average Bonchev–Trinajstić information content (AvgIpc) is 2.42. The minimum Gasteiger partial charge on any atom is -0.394 e. The van der Waals surface area contributed by atoms with Gasteiger partial charge in [-0.3, -0.25) is 4.79 Å². The molecule has 1 saturated heterocycles. The molecule has 0 radical (unpaired) electrons. The lowest BCUT2D eigenvalue weighted by atomic mass is 10.1. The van der Waals surface area contributed by atoms with Gasteiger partial charge in [0.1, 0.15) is 0 Å². The molecule has 1 aliphatic rings. The van der Waals surface area contributed by atoms with Crippen LogP contribution in [0, 0.1) is 0 Å². The number of hydrogen-bond acceptors (Lipinski definition) is 3. The van der Waals surface area contributed by atoms with E-state index < -0.39 is 0 Å². The second kappa shape index (κ2) is 6.57. The maximum atomic E-state index is 12.2. The minimum absolute atomic E-state index is 0.0222. The molecule has 1 amide bonds. The highest BCUT2D eigenvalue weighted by Gasteiger charge is 2.24. The molecular formula is C13H15Cl2NO3. The van der Waals surface area contributed by atoms with Gasteiger partial charge in [0.05, 0.1) is 25.7 Å². The largest absolute Gasteiger partial charge is 0.394 e. The van der Waals surface area contributed by atoms with Gasteiger partial charge in [0, 0.05) is 23.1 Å². The molecule has 1 aromatic rings. The van der Waals surface area contributed by atoms with Gasteiger partial charge in [-0.05, 0) is 17.7 Å². The maximum absolute atomic E-state index is 12.2. The zero-order chi connectivity index (χ0) is 13.8. The summed E-state index contributed by atoms with van der Waals surface area (Å²) in [6.07, 6.45) is -0.0628. The fourth-order valence-electron chi connectivity index (χ4n) is 2.00. The Kier molecular flexibility index (Phi) is 5.05. The van der Waals surface area contributed by atoms with Crippen LogP contribution >= 0.6 is 23.2 Å². The van der Waals surface area contributed by atoms with Gasteiger partial charge in [0.2, 0.25) is 5.91 Å². The fraction of sp³-hybridized carbons (Fsp3) is 0.462. The number of benzene rings is 1. The van der Waals surface area contributed by atoms with E-state index in [4.69, 9.17) is 33.0 Å². The summed E-state index contributed by atoms with van der Waals surface area (Å²) in [6, 6.07) is 5.10. The first-order valence-corrected chi connectivity index (χ1v) is 6.80. The third-order valence-corrected chi connectivity index (χ3v) is 3.64. The molecule has 0 aliphatic carbocycles. The van der Waals surface area contributed by atoms with E-state index in [9.17, 15) is 4.79 Å². The standard InChI is InChI=1S/C13H15Cl2NO3/c14-10-2-1-9(12(15)6-10)5-13(18)16-3-4-19-11(7-16)8-17/h1-2,6,11,17H,3-5,7-8H2. The van der Waals surface area contributed by atoms with Crippen LogP contribution in [0.1, 0.15) is 5.56 Å². The van der Waals surface area contributed by atoms with Crippen LogP contribution in [0.4, 0.5) is 0 Å². The SMILES string of the molecule is O=C(Cc1ccc(Cl)cc1Cl)N1CCOC(CO)C1. The van der Waals surface area contributed by atoms with Gasteiger partial charge in [0.25, 0.3) is 0 Å². The van der Waals surface area contributed by atoms with E-state index in [1.807, 2.05) is 0 Å². The lowest BCUT2D eigenvalue weighted by Crippen LogP contribution is -2.47. The van der Waals surface area contributed by atoms with Crippen LogP contribution in [0.25, 0.3) is 0 Å². The number of ether oxygens (including phenoxy) is 1. The Labute approximate surface area is 121 Å². The van der Waals surface area contributed by atoms with Gasteiger partial charge in [-0.2, -0.15) is 0 Å². The van der Waals surface area contributed by atoms with E-state index in [1.165, 1.54) is 0 Å². The highest BCUT2D eigenvalue weighted by molar-refractivity contribution is 6.35. The van der Waals surface area contributed by atoms with E-state index in [2.05, 4.69) is 0 Å². The monoisotopic (exact) mass is 303 g/mol. The van der Waals surface area contributed by atoms with E-state index >= 15 is 0 Å². The number of rotatable bonds is 3. The number of amides is 1. The van der Waals surface area contributed by atoms with Gasteiger partial charge in [0.15, 0.2) is 0 Å². The Hall–Kier alpha value is -0.810. The van der Waals surface area contributed by atoms with Crippen LogP contribution in [0.3, 0.4) is 0 Å². The zero-order valence-electron chi connectivity index (χ0n) is 10.3. The van der Waals surface area contributed by atoms with Crippen LogP contribution < -0.4 is 0 Å². The Morgan fingerprint density at radius 3 is 2.95 bits per heavy atom. The molecule has 1 aliphatic heterocycles. The molecule has 1 heterocycles. The molecule has 0 aromatic heterocycles. The van der Waals surface area contributed by atoms with Crippen molar-refractivity contribution < 1.29 is 14.6 Å². The van der Waals surface area contributed by atoms with E-state index in [0.29, 0.717) is 29.7 Å². The number of hydrogen-bond donors (Lipinski definition) is 1. The molecule has 1 atom stereocenters. The smallest absolute Gasteiger partial charge is 0.227 e. The molecular weight excluding hydrogens is 289 g/mol. The molecule has 4 nitrogen and oxygen atoms in total. The molecule has 1 unspecified atom stereocenters. The quantitative estimate of drug-likeness (QED) is 0.925. The summed E-state index contributed by atoms with van der Waals surface area (Å²) in [5.41, 5.74) is 0.753. The summed E-state index contributed by atoms with van der Waals surface area (Å²) in [4.78, 5) is 13.9. The molecule has 1 N–H and O–H groups in total. The van der Waals surface area contributed by atoms with Gasteiger partial charge >= 0.3 is 0 Å². The normalized spacial score (nSPS) is 19.5. The summed E-state index contributed by atoms with van der Waals surface area (Å²) in [5.74, 6) is -0.0222. The van der Waals surface area contributed by atoms with Crippen LogP contribution in [-0.4, -0.2) is 48.3 Å². The van der Waals surface area contributed by atoms with E-state index in [1.54, 1.807) is 23.1 Å². The van der Waals surface area contributed by atoms with Crippen molar-refractivity contribution in [1.82, 2.24) is 4.90 Å². The number of carbonyl (C=O) groups is 1. The van der Waals surface area contributed by atoms with Crippen molar-refractivity contribution in [3.63, 3.8) is 0 Å². The number of carbonyl (C=O) groups excluding carboxylic acids is 1. The Morgan fingerprint density at radius 1 is 1.47 bits per heavy atom. The summed E-state index contributed by atoms with van der Waals surface area (Å²) in [5, 5.41) is 10.1. The van der Waals surface area contributed by atoms with Crippen molar-refractivity contribution >= 4 is 29.1 Å². The summed E-state index contributed by atoms with van der Waals surface area (Å²) in [6.45, 7) is 1.33.